The van der Waals surface area contributed by atoms with Gasteiger partial charge in [0, 0.05) is 51.4 Å². The molecule has 2 heterocycles. The highest BCUT2D eigenvalue weighted by molar-refractivity contribution is 5.80. The Kier molecular flexibility index (Phi) is 7.18. The average molecular weight is 399 g/mol. The second kappa shape index (κ2) is 10.0. The first-order valence-corrected chi connectivity index (χ1v) is 9.97. The third-order valence-electron chi connectivity index (χ3n) is 4.77. The number of aromatic amines is 1. The van der Waals surface area contributed by atoms with Crippen molar-refractivity contribution < 1.29 is 4.79 Å². The predicted octanol–water partition coefficient (Wildman–Crippen LogP) is 0.689. The average Bonchev–Trinajstić information content (AvgIpc) is 3.24. The first-order valence-electron chi connectivity index (χ1n) is 9.97. The van der Waals surface area contributed by atoms with E-state index in [1.165, 1.54) is 6.33 Å². The lowest BCUT2D eigenvalue weighted by Gasteiger charge is -2.36. The summed E-state index contributed by atoms with van der Waals surface area (Å²) in [6, 6.07) is 8.36. The van der Waals surface area contributed by atoms with E-state index in [9.17, 15) is 4.79 Å². The van der Waals surface area contributed by atoms with Crippen LogP contribution in [0, 0.1) is 0 Å². The fourth-order valence-corrected chi connectivity index (χ4v) is 3.38. The highest BCUT2D eigenvalue weighted by Gasteiger charge is 2.21. The first kappa shape index (κ1) is 20.8. The number of nitrogens with zero attached hydrogens (tertiary/aromatic N) is 5. The molecule has 1 amide bonds. The molecule has 29 heavy (non-hydrogen) atoms. The van der Waals surface area contributed by atoms with E-state index >= 15 is 0 Å². The summed E-state index contributed by atoms with van der Waals surface area (Å²) in [5.74, 6) is 1.72. The Balaban J connectivity index is 1.49. The minimum absolute atomic E-state index is 0.0857. The molecule has 9 heteroatoms. The number of rotatable bonds is 6. The highest BCUT2D eigenvalue weighted by atomic mass is 16.2. The Morgan fingerprint density at radius 3 is 2.72 bits per heavy atom. The van der Waals surface area contributed by atoms with Gasteiger partial charge in [0.25, 0.3) is 0 Å². The molecule has 156 valence electrons. The van der Waals surface area contributed by atoms with E-state index in [0.717, 1.165) is 49.1 Å². The maximum absolute atomic E-state index is 12.0. The van der Waals surface area contributed by atoms with Gasteiger partial charge >= 0.3 is 0 Å². The van der Waals surface area contributed by atoms with Gasteiger partial charge in [0.05, 0.1) is 6.54 Å². The molecule has 0 saturated carbocycles. The lowest BCUT2D eigenvalue weighted by molar-refractivity contribution is -0.123. The van der Waals surface area contributed by atoms with Crippen LogP contribution in [0.2, 0.25) is 0 Å². The van der Waals surface area contributed by atoms with Gasteiger partial charge in [-0.05, 0) is 25.5 Å². The molecule has 0 unspecified atom stereocenters. The van der Waals surface area contributed by atoms with Crippen LogP contribution in [0.3, 0.4) is 0 Å². The van der Waals surface area contributed by atoms with Crippen LogP contribution in [0.1, 0.15) is 19.4 Å². The Bertz CT molecular complexity index is 810. The van der Waals surface area contributed by atoms with E-state index in [2.05, 4.69) is 52.7 Å². The molecular weight excluding hydrogens is 368 g/mol. The number of hydrogen-bond acceptors (Lipinski definition) is 5. The number of carbonyl (C=O) groups excluding carboxylic acids is 1. The minimum atomic E-state index is 0.0857. The number of amides is 1. The number of hydrogen-bond donors (Lipinski definition) is 3. The molecule has 1 aliphatic rings. The van der Waals surface area contributed by atoms with Crippen molar-refractivity contribution in [3.05, 3.63) is 36.2 Å². The SMILES string of the molecule is CN=C(NCc1cccc(-c2ncn[nH]2)c1)N1CCN(CC(=O)NC(C)C)CC1. The molecule has 1 aliphatic heterocycles. The molecule has 0 aliphatic carbocycles. The van der Waals surface area contributed by atoms with Gasteiger partial charge in [-0.1, -0.05) is 18.2 Å². The smallest absolute Gasteiger partial charge is 0.234 e. The molecular formula is C20H30N8O. The molecule has 1 aromatic carbocycles. The Hall–Kier alpha value is -2.94. The first-order chi connectivity index (χ1) is 14.0. The standard InChI is InChI=1S/C20H30N8O/c1-15(2)25-18(29)13-27-7-9-28(10-8-27)20(21-3)22-12-16-5-4-6-17(11-16)19-23-14-24-26-19/h4-6,11,14-15H,7-10,12-13H2,1-3H3,(H,21,22)(H,25,29)(H,23,24,26). The molecule has 1 aromatic heterocycles. The van der Waals surface area contributed by atoms with Crippen LogP contribution in [0.4, 0.5) is 0 Å². The van der Waals surface area contributed by atoms with Crippen LogP contribution in [-0.4, -0.2) is 82.7 Å². The van der Waals surface area contributed by atoms with Gasteiger partial charge in [-0.2, -0.15) is 5.10 Å². The van der Waals surface area contributed by atoms with Crippen LogP contribution in [-0.2, 0) is 11.3 Å². The van der Waals surface area contributed by atoms with E-state index < -0.39 is 0 Å². The summed E-state index contributed by atoms with van der Waals surface area (Å²) in [5, 5.41) is 13.2. The Labute approximate surface area is 171 Å². The van der Waals surface area contributed by atoms with Crippen molar-refractivity contribution in [2.75, 3.05) is 39.8 Å². The van der Waals surface area contributed by atoms with Crippen molar-refractivity contribution in [1.82, 2.24) is 35.6 Å². The van der Waals surface area contributed by atoms with Crippen molar-refractivity contribution in [3.63, 3.8) is 0 Å². The van der Waals surface area contributed by atoms with Gasteiger partial charge in [0.1, 0.15) is 6.33 Å². The number of aliphatic imine (C=N–C) groups is 1. The molecule has 3 N–H and O–H groups in total. The minimum Gasteiger partial charge on any atom is -0.353 e. The van der Waals surface area contributed by atoms with E-state index in [4.69, 9.17) is 0 Å². The summed E-state index contributed by atoms with van der Waals surface area (Å²) in [7, 11) is 1.80. The van der Waals surface area contributed by atoms with Gasteiger partial charge in [0.15, 0.2) is 11.8 Å². The zero-order valence-corrected chi connectivity index (χ0v) is 17.4. The molecule has 0 atom stereocenters. The normalized spacial score (nSPS) is 15.6. The summed E-state index contributed by atoms with van der Waals surface area (Å²) in [4.78, 5) is 25.0. The van der Waals surface area contributed by atoms with Crippen LogP contribution in [0.25, 0.3) is 11.4 Å². The maximum atomic E-state index is 12.0. The summed E-state index contributed by atoms with van der Waals surface area (Å²) < 4.78 is 0. The Morgan fingerprint density at radius 2 is 2.07 bits per heavy atom. The third kappa shape index (κ3) is 6.02. The van der Waals surface area contributed by atoms with E-state index in [1.54, 1.807) is 7.05 Å². The quantitative estimate of drug-likeness (QED) is 0.489. The van der Waals surface area contributed by atoms with Gasteiger partial charge in [-0.3, -0.25) is 19.8 Å². The second-order valence-corrected chi connectivity index (χ2v) is 7.42. The third-order valence-corrected chi connectivity index (χ3v) is 4.77. The highest BCUT2D eigenvalue weighted by Crippen LogP contribution is 2.15. The van der Waals surface area contributed by atoms with Crippen LogP contribution < -0.4 is 10.6 Å². The van der Waals surface area contributed by atoms with E-state index in [0.29, 0.717) is 13.1 Å². The van der Waals surface area contributed by atoms with Crippen molar-refractivity contribution >= 4 is 11.9 Å². The number of aromatic nitrogens is 3. The van der Waals surface area contributed by atoms with Crippen molar-refractivity contribution in [1.29, 1.82) is 0 Å². The number of piperazine rings is 1. The number of H-pyrrole nitrogens is 1. The summed E-state index contributed by atoms with van der Waals surface area (Å²) in [6.45, 7) is 8.44. The van der Waals surface area contributed by atoms with Gasteiger partial charge in [0.2, 0.25) is 5.91 Å². The molecule has 0 bridgehead atoms. The zero-order valence-electron chi connectivity index (χ0n) is 17.4. The van der Waals surface area contributed by atoms with E-state index in [-0.39, 0.29) is 11.9 Å². The summed E-state index contributed by atoms with van der Waals surface area (Å²) in [5.41, 5.74) is 2.15. The van der Waals surface area contributed by atoms with Crippen LogP contribution in [0.15, 0.2) is 35.6 Å². The maximum Gasteiger partial charge on any atom is 0.234 e. The predicted molar refractivity (Wildman–Crippen MR) is 113 cm³/mol. The molecule has 0 spiro atoms. The van der Waals surface area contributed by atoms with Crippen molar-refractivity contribution in [2.45, 2.75) is 26.4 Å². The van der Waals surface area contributed by atoms with Gasteiger partial charge in [-0.15, -0.1) is 0 Å². The molecule has 2 aromatic rings. The fraction of sp³-hybridized carbons (Fsp3) is 0.500. The summed E-state index contributed by atoms with van der Waals surface area (Å²) in [6.07, 6.45) is 1.51. The second-order valence-electron chi connectivity index (χ2n) is 7.42. The molecule has 1 saturated heterocycles. The monoisotopic (exact) mass is 398 g/mol. The Morgan fingerprint density at radius 1 is 1.28 bits per heavy atom. The largest absolute Gasteiger partial charge is 0.353 e. The van der Waals surface area contributed by atoms with Gasteiger partial charge < -0.3 is 15.5 Å². The van der Waals surface area contributed by atoms with Crippen molar-refractivity contribution in [3.8, 4) is 11.4 Å². The lowest BCUT2D eigenvalue weighted by atomic mass is 10.1. The number of carbonyl (C=O) groups is 1. The molecule has 9 nitrogen and oxygen atoms in total. The van der Waals surface area contributed by atoms with Crippen molar-refractivity contribution in [2.24, 2.45) is 4.99 Å². The number of nitrogens with one attached hydrogen (secondary N) is 3. The zero-order chi connectivity index (χ0) is 20.6. The van der Waals surface area contributed by atoms with Crippen LogP contribution >= 0.6 is 0 Å². The van der Waals surface area contributed by atoms with Gasteiger partial charge in [-0.25, -0.2) is 4.98 Å². The van der Waals surface area contributed by atoms with E-state index in [1.807, 2.05) is 26.0 Å². The fourth-order valence-electron chi connectivity index (χ4n) is 3.38. The topological polar surface area (TPSA) is 102 Å². The van der Waals surface area contributed by atoms with Crippen LogP contribution in [0.5, 0.6) is 0 Å². The molecule has 3 rings (SSSR count). The number of guanidine groups is 1. The molecule has 1 fully saturated rings. The summed E-state index contributed by atoms with van der Waals surface area (Å²) >= 11 is 0. The number of benzene rings is 1. The lowest BCUT2D eigenvalue weighted by Crippen LogP contribution is -2.54. The molecule has 0 radical (unpaired) electrons.